The second-order valence-corrected chi connectivity index (χ2v) is 9.82. The van der Waals surface area contributed by atoms with Gasteiger partial charge in [-0.15, -0.1) is 10.2 Å². The molecule has 2 N–H and O–H groups in total. The van der Waals surface area contributed by atoms with Gasteiger partial charge in [0.2, 0.25) is 11.1 Å². The molecular formula is C25H33N5O2S. The van der Waals surface area contributed by atoms with Crippen LogP contribution in [0, 0.1) is 0 Å². The van der Waals surface area contributed by atoms with Gasteiger partial charge in [-0.2, -0.15) is 0 Å². The molecule has 1 aromatic heterocycles. The number of hydrogen-bond acceptors (Lipinski definition) is 6. The third-order valence-electron chi connectivity index (χ3n) is 5.45. The first-order chi connectivity index (χ1) is 15.7. The molecule has 0 saturated heterocycles. The molecule has 0 radical (unpaired) electrons. The number of rotatable bonds is 9. The maximum Gasteiger partial charge on any atom is 0.240 e. The van der Waals surface area contributed by atoms with E-state index in [4.69, 9.17) is 10.6 Å². The lowest BCUT2D eigenvalue weighted by Gasteiger charge is -2.24. The van der Waals surface area contributed by atoms with Crippen molar-refractivity contribution < 1.29 is 9.53 Å². The topological polar surface area (TPSA) is 86.3 Å². The molecule has 2 aromatic carbocycles. The summed E-state index contributed by atoms with van der Waals surface area (Å²) in [5, 5.41) is 8.43. The minimum atomic E-state index is -0.462. The Morgan fingerprint density at radius 3 is 2.27 bits per heavy atom. The molecule has 1 unspecified atom stereocenters. The minimum absolute atomic E-state index is 0.0240. The first-order valence-electron chi connectivity index (χ1n) is 11.2. The van der Waals surface area contributed by atoms with E-state index in [0.29, 0.717) is 24.1 Å². The monoisotopic (exact) mass is 467 g/mol. The van der Waals surface area contributed by atoms with Gasteiger partial charge in [0.05, 0.1) is 0 Å². The summed E-state index contributed by atoms with van der Waals surface area (Å²) in [5.41, 5.74) is 2.22. The highest BCUT2D eigenvalue weighted by molar-refractivity contribution is 8.00. The number of nitrogen functional groups attached to an aromatic ring is 1. The first kappa shape index (κ1) is 24.6. The van der Waals surface area contributed by atoms with Crippen LogP contribution < -0.4 is 10.6 Å². The predicted molar refractivity (Wildman–Crippen MR) is 133 cm³/mol. The van der Waals surface area contributed by atoms with Gasteiger partial charge >= 0.3 is 0 Å². The zero-order valence-electron chi connectivity index (χ0n) is 20.0. The van der Waals surface area contributed by atoms with Crippen molar-refractivity contribution in [2.75, 3.05) is 18.9 Å². The van der Waals surface area contributed by atoms with E-state index in [1.54, 1.807) is 0 Å². The van der Waals surface area contributed by atoms with Crippen LogP contribution in [-0.4, -0.2) is 38.8 Å². The largest absolute Gasteiger partial charge is 0.486 e. The molecule has 0 aliphatic carbocycles. The summed E-state index contributed by atoms with van der Waals surface area (Å²) in [4.78, 5) is 15.0. The Morgan fingerprint density at radius 2 is 1.70 bits per heavy atom. The summed E-state index contributed by atoms with van der Waals surface area (Å²) in [7, 11) is 0. The Labute approximate surface area is 200 Å². The van der Waals surface area contributed by atoms with Crippen molar-refractivity contribution in [1.82, 2.24) is 19.8 Å². The van der Waals surface area contributed by atoms with Gasteiger partial charge in [-0.25, -0.2) is 4.68 Å². The summed E-state index contributed by atoms with van der Waals surface area (Å²) >= 11 is 1.30. The number of nitrogens with two attached hydrogens (primary N) is 1. The summed E-state index contributed by atoms with van der Waals surface area (Å²) in [6.07, 6.45) is 0. The highest BCUT2D eigenvalue weighted by Crippen LogP contribution is 2.35. The summed E-state index contributed by atoms with van der Waals surface area (Å²) < 4.78 is 7.28. The number of thioether (sulfide) groups is 1. The molecule has 0 aliphatic heterocycles. The molecule has 3 rings (SSSR count). The van der Waals surface area contributed by atoms with Gasteiger partial charge in [-0.05, 0) is 42.5 Å². The average molecular weight is 468 g/mol. The molecule has 3 aromatic rings. The van der Waals surface area contributed by atoms with Crippen LogP contribution in [0.5, 0.6) is 5.75 Å². The number of nitrogens with zero attached hydrogens (tertiary/aromatic N) is 4. The van der Waals surface area contributed by atoms with Crippen LogP contribution in [0.25, 0.3) is 0 Å². The molecule has 176 valence electrons. The molecule has 0 fully saturated rings. The Kier molecular flexibility index (Phi) is 8.02. The van der Waals surface area contributed by atoms with E-state index in [2.05, 4.69) is 43.1 Å². The smallest absolute Gasteiger partial charge is 0.240 e. The van der Waals surface area contributed by atoms with Gasteiger partial charge in [0, 0.05) is 13.1 Å². The molecule has 33 heavy (non-hydrogen) atoms. The van der Waals surface area contributed by atoms with Gasteiger partial charge in [0.25, 0.3) is 0 Å². The van der Waals surface area contributed by atoms with Crippen LogP contribution in [-0.2, 0) is 16.8 Å². The lowest BCUT2D eigenvalue weighted by atomic mass is 9.87. The lowest BCUT2D eigenvalue weighted by molar-refractivity contribution is -0.130. The van der Waals surface area contributed by atoms with Crippen molar-refractivity contribution >= 4 is 17.7 Å². The van der Waals surface area contributed by atoms with Crippen molar-refractivity contribution in [2.45, 2.75) is 57.0 Å². The van der Waals surface area contributed by atoms with Gasteiger partial charge < -0.3 is 15.5 Å². The Hall–Kier alpha value is -3.00. The number of aromatic nitrogens is 3. The Balaban J connectivity index is 1.74. The van der Waals surface area contributed by atoms with Crippen molar-refractivity contribution in [3.05, 3.63) is 71.5 Å². The van der Waals surface area contributed by atoms with Crippen LogP contribution in [0.4, 0.5) is 0 Å². The van der Waals surface area contributed by atoms with Crippen LogP contribution in [0.1, 0.15) is 56.8 Å². The minimum Gasteiger partial charge on any atom is -0.486 e. The van der Waals surface area contributed by atoms with Crippen molar-refractivity contribution in [2.24, 2.45) is 0 Å². The van der Waals surface area contributed by atoms with Crippen LogP contribution in [0.2, 0.25) is 0 Å². The molecular weight excluding hydrogens is 434 g/mol. The number of carbonyl (C=O) groups excluding carboxylic acids is 1. The van der Waals surface area contributed by atoms with Gasteiger partial charge in [0.1, 0.15) is 17.6 Å². The first-order valence-corrected chi connectivity index (χ1v) is 12.1. The fraction of sp³-hybridized carbons (Fsp3) is 0.400. The quantitative estimate of drug-likeness (QED) is 0.366. The van der Waals surface area contributed by atoms with Crippen molar-refractivity contribution in [3.63, 3.8) is 0 Å². The van der Waals surface area contributed by atoms with E-state index < -0.39 is 5.25 Å². The zero-order chi connectivity index (χ0) is 24.0. The van der Waals surface area contributed by atoms with Gasteiger partial charge in [-0.3, -0.25) is 4.79 Å². The number of benzene rings is 2. The molecule has 1 amide bonds. The fourth-order valence-corrected chi connectivity index (χ4v) is 4.44. The second kappa shape index (κ2) is 10.7. The maximum atomic E-state index is 13.2. The summed E-state index contributed by atoms with van der Waals surface area (Å²) in [6, 6.07) is 17.7. The average Bonchev–Trinajstić information content (AvgIpc) is 3.16. The lowest BCUT2D eigenvalue weighted by Crippen LogP contribution is -2.34. The third kappa shape index (κ3) is 6.07. The van der Waals surface area contributed by atoms with E-state index in [-0.39, 0.29) is 17.9 Å². The van der Waals surface area contributed by atoms with E-state index >= 15 is 0 Å². The Bertz CT molecular complexity index is 1040. The Morgan fingerprint density at radius 1 is 1.06 bits per heavy atom. The van der Waals surface area contributed by atoms with Crippen LogP contribution in [0.15, 0.2) is 59.8 Å². The molecule has 1 atom stereocenters. The van der Waals surface area contributed by atoms with Crippen molar-refractivity contribution in [1.29, 1.82) is 0 Å². The van der Waals surface area contributed by atoms with Crippen LogP contribution in [0.3, 0.4) is 0 Å². The molecule has 7 nitrogen and oxygen atoms in total. The van der Waals surface area contributed by atoms with E-state index in [9.17, 15) is 4.79 Å². The molecule has 0 saturated carbocycles. The normalized spacial score (nSPS) is 12.4. The molecule has 0 bridgehead atoms. The summed E-state index contributed by atoms with van der Waals surface area (Å²) in [6.45, 7) is 11.9. The molecule has 0 spiro atoms. The highest BCUT2D eigenvalue weighted by atomic mass is 32.2. The SMILES string of the molecule is CCN(CC)C(=O)C(Sc1nnc(COc2ccc(C(C)(C)C)cc2)n1N)c1ccccc1. The molecule has 0 aliphatic rings. The number of likely N-dealkylation sites (N-methyl/N-ethyl adjacent to an activating group) is 1. The second-order valence-electron chi connectivity index (χ2n) is 8.75. The number of hydrogen-bond donors (Lipinski definition) is 1. The highest BCUT2D eigenvalue weighted by Gasteiger charge is 2.28. The predicted octanol–water partition coefficient (Wildman–Crippen LogP) is 4.57. The van der Waals surface area contributed by atoms with E-state index in [0.717, 1.165) is 11.3 Å². The number of carbonyl (C=O) groups is 1. The van der Waals surface area contributed by atoms with E-state index in [1.165, 1.54) is 22.0 Å². The van der Waals surface area contributed by atoms with Gasteiger partial charge in [-0.1, -0.05) is 75.0 Å². The maximum absolute atomic E-state index is 13.2. The number of ether oxygens (including phenoxy) is 1. The van der Waals surface area contributed by atoms with Crippen LogP contribution >= 0.6 is 11.8 Å². The fourth-order valence-electron chi connectivity index (χ4n) is 3.38. The zero-order valence-corrected chi connectivity index (χ0v) is 20.8. The van der Waals surface area contributed by atoms with Gasteiger partial charge in [0.15, 0.2) is 5.82 Å². The van der Waals surface area contributed by atoms with E-state index in [1.807, 2.05) is 61.2 Å². The summed E-state index contributed by atoms with van der Waals surface area (Å²) in [5.74, 6) is 7.53. The standard InChI is InChI=1S/C25H33N5O2S/c1-6-29(7-2)23(31)22(18-11-9-8-10-12-18)33-24-28-27-21(30(24)26)17-32-20-15-13-19(14-16-20)25(3,4)5/h8-16,22H,6-7,17,26H2,1-5H3. The molecule has 1 heterocycles. The molecule has 8 heteroatoms. The number of amides is 1. The third-order valence-corrected chi connectivity index (χ3v) is 6.65. The van der Waals surface area contributed by atoms with Crippen molar-refractivity contribution in [3.8, 4) is 5.75 Å².